The van der Waals surface area contributed by atoms with Gasteiger partial charge in [-0.2, -0.15) is 0 Å². The van der Waals surface area contributed by atoms with Gasteiger partial charge < -0.3 is 5.32 Å². The number of rotatable bonds is 2. The Morgan fingerprint density at radius 1 is 0.773 bits per heavy atom. The van der Waals surface area contributed by atoms with Crippen molar-refractivity contribution in [3.63, 3.8) is 0 Å². The molecule has 1 aliphatic heterocycles. The van der Waals surface area contributed by atoms with Crippen molar-refractivity contribution in [3.05, 3.63) is 71.3 Å². The molecule has 2 aromatic carbocycles. The van der Waals surface area contributed by atoms with Crippen molar-refractivity contribution >= 4 is 0 Å². The molecule has 0 spiro atoms. The second kappa shape index (κ2) is 6.26. The minimum absolute atomic E-state index is 0.461. The van der Waals surface area contributed by atoms with Gasteiger partial charge in [0.25, 0.3) is 0 Å². The molecule has 0 radical (unpaired) electrons. The maximum atomic E-state index is 4.00. The SMILES string of the molecule is c1ccc([C@H]2Cc3ccccc3[C@@H](C3CCCCC3)N2)cc1. The fraction of sp³-hybridized carbons (Fsp3) is 0.429. The van der Waals surface area contributed by atoms with Gasteiger partial charge in [0.1, 0.15) is 0 Å². The van der Waals surface area contributed by atoms with E-state index in [1.807, 2.05) is 0 Å². The van der Waals surface area contributed by atoms with E-state index in [0.717, 1.165) is 12.3 Å². The maximum absolute atomic E-state index is 4.00. The van der Waals surface area contributed by atoms with Gasteiger partial charge in [-0.05, 0) is 41.9 Å². The molecular weight excluding hydrogens is 266 g/mol. The molecule has 1 N–H and O–H groups in total. The third-order valence-electron chi connectivity index (χ3n) is 5.52. The van der Waals surface area contributed by atoms with E-state index in [1.165, 1.54) is 37.7 Å². The van der Waals surface area contributed by atoms with E-state index >= 15 is 0 Å². The Labute approximate surface area is 133 Å². The molecule has 0 saturated heterocycles. The van der Waals surface area contributed by atoms with Crippen LogP contribution in [0.5, 0.6) is 0 Å². The summed E-state index contributed by atoms with van der Waals surface area (Å²) in [7, 11) is 0. The monoisotopic (exact) mass is 291 g/mol. The molecule has 2 aliphatic rings. The van der Waals surface area contributed by atoms with Crippen LogP contribution in [-0.2, 0) is 6.42 Å². The summed E-state index contributed by atoms with van der Waals surface area (Å²) in [5.74, 6) is 0.807. The van der Waals surface area contributed by atoms with Crippen LogP contribution in [0.25, 0.3) is 0 Å². The van der Waals surface area contributed by atoms with Crippen molar-refractivity contribution in [1.29, 1.82) is 0 Å². The number of hydrogen-bond donors (Lipinski definition) is 1. The Morgan fingerprint density at radius 3 is 2.32 bits per heavy atom. The summed E-state index contributed by atoms with van der Waals surface area (Å²) in [6.07, 6.45) is 8.11. The van der Waals surface area contributed by atoms with E-state index in [2.05, 4.69) is 59.9 Å². The van der Waals surface area contributed by atoms with Gasteiger partial charge in [-0.15, -0.1) is 0 Å². The highest BCUT2D eigenvalue weighted by atomic mass is 15.0. The predicted molar refractivity (Wildman–Crippen MR) is 91.8 cm³/mol. The van der Waals surface area contributed by atoms with E-state index in [9.17, 15) is 0 Å². The van der Waals surface area contributed by atoms with Gasteiger partial charge >= 0.3 is 0 Å². The van der Waals surface area contributed by atoms with Gasteiger partial charge in [-0.3, -0.25) is 0 Å². The zero-order valence-corrected chi connectivity index (χ0v) is 13.2. The highest BCUT2D eigenvalue weighted by Crippen LogP contribution is 2.41. The number of hydrogen-bond acceptors (Lipinski definition) is 1. The van der Waals surface area contributed by atoms with Crippen LogP contribution in [0.3, 0.4) is 0 Å². The molecule has 2 atom stereocenters. The fourth-order valence-electron chi connectivity index (χ4n) is 4.37. The lowest BCUT2D eigenvalue weighted by atomic mass is 9.76. The molecule has 1 aliphatic carbocycles. The molecular formula is C21H25N. The fourth-order valence-corrected chi connectivity index (χ4v) is 4.37. The average molecular weight is 291 g/mol. The molecule has 1 heterocycles. The molecule has 0 amide bonds. The van der Waals surface area contributed by atoms with E-state index in [4.69, 9.17) is 0 Å². The van der Waals surface area contributed by atoms with Gasteiger partial charge in [-0.1, -0.05) is 73.9 Å². The third kappa shape index (κ3) is 2.70. The summed E-state index contributed by atoms with van der Waals surface area (Å²) in [6.45, 7) is 0. The minimum atomic E-state index is 0.461. The first-order valence-corrected chi connectivity index (χ1v) is 8.80. The molecule has 114 valence electrons. The maximum Gasteiger partial charge on any atom is 0.0366 e. The van der Waals surface area contributed by atoms with E-state index in [0.29, 0.717) is 12.1 Å². The van der Waals surface area contributed by atoms with Crippen LogP contribution in [-0.4, -0.2) is 0 Å². The number of benzene rings is 2. The lowest BCUT2D eigenvalue weighted by Gasteiger charge is -2.39. The second-order valence-corrected chi connectivity index (χ2v) is 6.91. The summed E-state index contributed by atoms with van der Waals surface area (Å²) >= 11 is 0. The van der Waals surface area contributed by atoms with E-state index in [-0.39, 0.29) is 0 Å². The van der Waals surface area contributed by atoms with Crippen molar-refractivity contribution in [3.8, 4) is 0 Å². The van der Waals surface area contributed by atoms with Crippen molar-refractivity contribution in [2.24, 2.45) is 5.92 Å². The average Bonchev–Trinajstić information content (AvgIpc) is 2.62. The zero-order valence-electron chi connectivity index (χ0n) is 13.2. The summed E-state index contributed by atoms with van der Waals surface area (Å²) in [6, 6.07) is 21.1. The molecule has 4 rings (SSSR count). The van der Waals surface area contributed by atoms with Crippen LogP contribution in [0.2, 0.25) is 0 Å². The smallest absolute Gasteiger partial charge is 0.0366 e. The van der Waals surface area contributed by atoms with Crippen LogP contribution in [0.15, 0.2) is 54.6 Å². The normalized spacial score (nSPS) is 25.6. The molecule has 22 heavy (non-hydrogen) atoms. The van der Waals surface area contributed by atoms with Crippen LogP contribution in [0, 0.1) is 5.92 Å². The standard InChI is InChI=1S/C21H25N/c1-3-9-16(10-4-1)20-15-18-13-7-8-14-19(18)21(22-20)17-11-5-2-6-12-17/h1,3-4,7-10,13-14,17,20-22H,2,5-6,11-12,15H2/t20-,21-/m1/s1. The molecule has 1 heteroatoms. The first kappa shape index (κ1) is 14.0. The Bertz CT molecular complexity index is 613. The van der Waals surface area contributed by atoms with E-state index < -0.39 is 0 Å². The zero-order chi connectivity index (χ0) is 14.8. The largest absolute Gasteiger partial charge is 0.302 e. The molecule has 0 bridgehead atoms. The van der Waals surface area contributed by atoms with Gasteiger partial charge in [0.05, 0.1) is 0 Å². The highest BCUT2D eigenvalue weighted by molar-refractivity contribution is 5.36. The number of fused-ring (bicyclic) bond motifs is 1. The molecule has 0 aromatic heterocycles. The van der Waals surface area contributed by atoms with Gasteiger partial charge in [-0.25, -0.2) is 0 Å². The van der Waals surface area contributed by atoms with Crippen LogP contribution in [0.1, 0.15) is 60.9 Å². The predicted octanol–water partition coefficient (Wildman–Crippen LogP) is 5.20. The first-order chi connectivity index (χ1) is 10.9. The van der Waals surface area contributed by atoms with E-state index in [1.54, 1.807) is 11.1 Å². The Kier molecular flexibility index (Phi) is 3.99. The lowest BCUT2D eigenvalue weighted by Crippen LogP contribution is -2.38. The Morgan fingerprint density at radius 2 is 1.50 bits per heavy atom. The van der Waals surface area contributed by atoms with Gasteiger partial charge in [0.2, 0.25) is 0 Å². The summed E-state index contributed by atoms with van der Waals surface area (Å²) < 4.78 is 0. The van der Waals surface area contributed by atoms with Crippen LogP contribution in [0.4, 0.5) is 0 Å². The van der Waals surface area contributed by atoms with Crippen LogP contribution < -0.4 is 5.32 Å². The Hall–Kier alpha value is -1.60. The molecule has 1 nitrogen and oxygen atoms in total. The topological polar surface area (TPSA) is 12.0 Å². The third-order valence-corrected chi connectivity index (χ3v) is 5.52. The van der Waals surface area contributed by atoms with Crippen molar-refractivity contribution in [1.82, 2.24) is 5.32 Å². The summed E-state index contributed by atoms with van der Waals surface area (Å²) in [4.78, 5) is 0. The van der Waals surface area contributed by atoms with Crippen molar-refractivity contribution in [2.45, 2.75) is 50.6 Å². The molecule has 1 fully saturated rings. The summed E-state index contributed by atoms with van der Waals surface area (Å²) in [5.41, 5.74) is 4.53. The highest BCUT2D eigenvalue weighted by Gasteiger charge is 2.32. The number of nitrogens with one attached hydrogen (secondary N) is 1. The quantitative estimate of drug-likeness (QED) is 0.802. The molecule has 2 aromatic rings. The second-order valence-electron chi connectivity index (χ2n) is 6.91. The lowest BCUT2D eigenvalue weighted by molar-refractivity contribution is 0.241. The minimum Gasteiger partial charge on any atom is -0.302 e. The van der Waals surface area contributed by atoms with Gasteiger partial charge in [0.15, 0.2) is 0 Å². The van der Waals surface area contributed by atoms with Crippen molar-refractivity contribution in [2.75, 3.05) is 0 Å². The molecule has 1 saturated carbocycles. The first-order valence-electron chi connectivity index (χ1n) is 8.80. The van der Waals surface area contributed by atoms with Gasteiger partial charge in [0, 0.05) is 12.1 Å². The Balaban J connectivity index is 1.67. The summed E-state index contributed by atoms with van der Waals surface area (Å²) in [5, 5.41) is 4.00. The molecule has 0 unspecified atom stereocenters. The van der Waals surface area contributed by atoms with Crippen LogP contribution >= 0.6 is 0 Å². The van der Waals surface area contributed by atoms with Crippen molar-refractivity contribution < 1.29 is 0 Å².